The Morgan fingerprint density at radius 2 is 2.17 bits per heavy atom. The zero-order valence-electron chi connectivity index (χ0n) is 11.7. The Hall–Kier alpha value is -0.510. The van der Waals surface area contributed by atoms with Gasteiger partial charge in [0.2, 0.25) is 0 Å². The predicted octanol–water partition coefficient (Wildman–Crippen LogP) is 3.49. The molecule has 3 heteroatoms. The Bertz CT molecular complexity index is 330. The third-order valence-electron chi connectivity index (χ3n) is 2.60. The summed E-state index contributed by atoms with van der Waals surface area (Å²) in [6.45, 7) is 9.08. The fraction of sp³-hybridized carbons (Fsp3) is 0.600. The van der Waals surface area contributed by atoms with Gasteiger partial charge in [0, 0.05) is 23.3 Å². The summed E-state index contributed by atoms with van der Waals surface area (Å²) in [6, 6.07) is 9.10. The third kappa shape index (κ3) is 6.43. The molecule has 0 amide bonds. The number of likely N-dealkylation sites (N-methyl/N-ethyl adjacent to an activating group) is 1. The molecule has 0 fully saturated rings. The van der Waals surface area contributed by atoms with Crippen LogP contribution in [0, 0.1) is 6.92 Å². The first-order valence-corrected chi connectivity index (χ1v) is 7.75. The second-order valence-corrected chi connectivity index (χ2v) is 5.55. The van der Waals surface area contributed by atoms with E-state index in [1.165, 1.54) is 10.5 Å². The van der Waals surface area contributed by atoms with Gasteiger partial charge in [-0.05, 0) is 32.0 Å². The van der Waals surface area contributed by atoms with Crippen LogP contribution in [0.4, 0.5) is 0 Å². The van der Waals surface area contributed by atoms with Crippen LogP contribution in [0.25, 0.3) is 0 Å². The van der Waals surface area contributed by atoms with Crippen molar-refractivity contribution in [2.75, 3.05) is 25.5 Å². The van der Waals surface area contributed by atoms with Crippen LogP contribution < -0.4 is 5.32 Å². The molecule has 0 saturated heterocycles. The van der Waals surface area contributed by atoms with E-state index in [0.717, 1.165) is 31.9 Å². The van der Waals surface area contributed by atoms with Crippen LogP contribution >= 0.6 is 11.8 Å². The monoisotopic (exact) mass is 267 g/mol. The van der Waals surface area contributed by atoms with E-state index in [0.29, 0.717) is 6.04 Å². The number of hydrogen-bond acceptors (Lipinski definition) is 3. The summed E-state index contributed by atoms with van der Waals surface area (Å²) in [7, 11) is 0. The van der Waals surface area contributed by atoms with Crippen LogP contribution in [-0.2, 0) is 4.74 Å². The Labute approximate surface area is 116 Å². The molecule has 0 aliphatic carbocycles. The van der Waals surface area contributed by atoms with Crippen molar-refractivity contribution in [1.29, 1.82) is 0 Å². The van der Waals surface area contributed by atoms with Gasteiger partial charge >= 0.3 is 0 Å². The van der Waals surface area contributed by atoms with E-state index >= 15 is 0 Å². The molecule has 0 spiro atoms. The molecule has 1 rings (SSSR count). The minimum atomic E-state index is 0.437. The van der Waals surface area contributed by atoms with Crippen LogP contribution in [0.2, 0.25) is 0 Å². The fourth-order valence-corrected chi connectivity index (χ4v) is 2.78. The molecule has 0 bridgehead atoms. The van der Waals surface area contributed by atoms with Crippen molar-refractivity contribution < 1.29 is 4.74 Å². The van der Waals surface area contributed by atoms with E-state index in [2.05, 4.69) is 50.4 Å². The molecule has 0 aliphatic heterocycles. The summed E-state index contributed by atoms with van der Waals surface area (Å²) in [5.41, 5.74) is 1.32. The highest BCUT2D eigenvalue weighted by Gasteiger charge is 2.08. The minimum Gasteiger partial charge on any atom is -0.380 e. The summed E-state index contributed by atoms with van der Waals surface area (Å²) < 4.78 is 5.63. The first kappa shape index (κ1) is 15.5. The number of nitrogens with one attached hydrogen (secondary N) is 1. The Morgan fingerprint density at radius 3 is 2.83 bits per heavy atom. The van der Waals surface area contributed by atoms with Gasteiger partial charge in [-0.25, -0.2) is 0 Å². The average molecular weight is 267 g/mol. The summed E-state index contributed by atoms with van der Waals surface area (Å²) in [5, 5.41) is 3.48. The van der Waals surface area contributed by atoms with Crippen molar-refractivity contribution in [3.05, 3.63) is 29.8 Å². The topological polar surface area (TPSA) is 21.3 Å². The Kier molecular flexibility index (Phi) is 8.14. The molecule has 0 heterocycles. The van der Waals surface area contributed by atoms with Gasteiger partial charge in [0.05, 0.1) is 6.61 Å². The van der Waals surface area contributed by atoms with E-state index in [9.17, 15) is 0 Å². The van der Waals surface area contributed by atoms with Crippen LogP contribution in [-0.4, -0.2) is 31.6 Å². The summed E-state index contributed by atoms with van der Waals surface area (Å²) in [5.74, 6) is 1.06. The van der Waals surface area contributed by atoms with Crippen molar-refractivity contribution >= 4 is 11.8 Å². The first-order valence-electron chi connectivity index (χ1n) is 6.76. The highest BCUT2D eigenvalue weighted by molar-refractivity contribution is 7.99. The zero-order valence-corrected chi connectivity index (χ0v) is 12.6. The molecule has 0 aliphatic rings. The lowest BCUT2D eigenvalue weighted by atomic mass is 10.2. The molecule has 1 aromatic carbocycles. The molecule has 18 heavy (non-hydrogen) atoms. The Morgan fingerprint density at radius 1 is 1.33 bits per heavy atom. The molecule has 2 nitrogen and oxygen atoms in total. The lowest BCUT2D eigenvalue weighted by Crippen LogP contribution is -2.35. The van der Waals surface area contributed by atoms with Gasteiger partial charge in [-0.15, -0.1) is 11.8 Å². The molecular weight excluding hydrogens is 242 g/mol. The highest BCUT2D eigenvalue weighted by Crippen LogP contribution is 2.19. The third-order valence-corrected chi connectivity index (χ3v) is 3.76. The quantitative estimate of drug-likeness (QED) is 0.546. The highest BCUT2D eigenvalue weighted by atomic mass is 32.2. The van der Waals surface area contributed by atoms with Gasteiger partial charge in [0.15, 0.2) is 0 Å². The van der Waals surface area contributed by atoms with Crippen LogP contribution in [0.1, 0.15) is 25.8 Å². The van der Waals surface area contributed by atoms with Crippen molar-refractivity contribution in [1.82, 2.24) is 5.32 Å². The maximum absolute atomic E-state index is 5.63. The van der Waals surface area contributed by atoms with Gasteiger partial charge in [0.1, 0.15) is 0 Å². The van der Waals surface area contributed by atoms with Gasteiger partial charge < -0.3 is 10.1 Å². The molecule has 102 valence electrons. The summed E-state index contributed by atoms with van der Waals surface area (Å²) in [6.07, 6.45) is 1.09. The number of ether oxygens (including phenoxy) is 1. The van der Waals surface area contributed by atoms with Crippen molar-refractivity contribution in [2.45, 2.75) is 38.1 Å². The standard InChI is InChI=1S/C15H25NOS/c1-4-9-17-11-14(16-5-2)12-18-15-8-6-7-13(3)10-15/h6-8,10,14,16H,4-5,9,11-12H2,1-3H3. The number of hydrogen-bond donors (Lipinski definition) is 1. The maximum atomic E-state index is 5.63. The molecular formula is C15H25NOS. The normalized spacial score (nSPS) is 12.6. The van der Waals surface area contributed by atoms with Gasteiger partial charge in [-0.1, -0.05) is 31.5 Å². The minimum absolute atomic E-state index is 0.437. The number of aryl methyl sites for hydroxylation is 1. The lowest BCUT2D eigenvalue weighted by molar-refractivity contribution is 0.117. The summed E-state index contributed by atoms with van der Waals surface area (Å²) >= 11 is 1.90. The van der Waals surface area contributed by atoms with Crippen LogP contribution in [0.3, 0.4) is 0 Å². The van der Waals surface area contributed by atoms with Gasteiger partial charge in [-0.3, -0.25) is 0 Å². The fourth-order valence-electron chi connectivity index (χ4n) is 1.73. The lowest BCUT2D eigenvalue weighted by Gasteiger charge is -2.17. The van der Waals surface area contributed by atoms with Crippen molar-refractivity contribution in [3.8, 4) is 0 Å². The first-order chi connectivity index (χ1) is 8.76. The van der Waals surface area contributed by atoms with Crippen LogP contribution in [0.5, 0.6) is 0 Å². The molecule has 1 N–H and O–H groups in total. The Balaban J connectivity index is 2.36. The molecule has 0 saturated carbocycles. The molecule has 1 unspecified atom stereocenters. The van der Waals surface area contributed by atoms with E-state index in [1.54, 1.807) is 0 Å². The van der Waals surface area contributed by atoms with Gasteiger partial charge in [0.25, 0.3) is 0 Å². The van der Waals surface area contributed by atoms with E-state index < -0.39 is 0 Å². The average Bonchev–Trinajstić information content (AvgIpc) is 2.36. The smallest absolute Gasteiger partial charge is 0.0627 e. The summed E-state index contributed by atoms with van der Waals surface area (Å²) in [4.78, 5) is 1.34. The number of rotatable bonds is 9. The SMILES string of the molecule is CCCOCC(CSc1cccc(C)c1)NCC. The molecule has 1 atom stereocenters. The van der Waals surface area contributed by atoms with Gasteiger partial charge in [-0.2, -0.15) is 0 Å². The largest absolute Gasteiger partial charge is 0.380 e. The number of benzene rings is 1. The van der Waals surface area contributed by atoms with E-state index in [-0.39, 0.29) is 0 Å². The van der Waals surface area contributed by atoms with Crippen LogP contribution in [0.15, 0.2) is 29.2 Å². The van der Waals surface area contributed by atoms with Crippen molar-refractivity contribution in [3.63, 3.8) is 0 Å². The van der Waals surface area contributed by atoms with E-state index in [1.807, 2.05) is 11.8 Å². The van der Waals surface area contributed by atoms with E-state index in [4.69, 9.17) is 4.74 Å². The second-order valence-electron chi connectivity index (χ2n) is 4.46. The second kappa shape index (κ2) is 9.42. The predicted molar refractivity (Wildman–Crippen MR) is 80.5 cm³/mol. The molecule has 0 radical (unpaired) electrons. The number of thioether (sulfide) groups is 1. The zero-order chi connectivity index (χ0) is 13.2. The maximum Gasteiger partial charge on any atom is 0.0627 e. The molecule has 1 aromatic rings. The van der Waals surface area contributed by atoms with Crippen molar-refractivity contribution in [2.24, 2.45) is 0 Å². The molecule has 0 aromatic heterocycles.